The molecule has 5 heteroatoms. The van der Waals surface area contributed by atoms with E-state index in [0.717, 1.165) is 34.0 Å². The second-order valence-electron chi connectivity index (χ2n) is 6.14. The first kappa shape index (κ1) is 14.0. The van der Waals surface area contributed by atoms with E-state index in [1.165, 1.54) is 12.1 Å². The number of halogens is 2. The summed E-state index contributed by atoms with van der Waals surface area (Å²) < 4.78 is 13.5. The molecule has 0 amide bonds. The average molecular weight is 311 g/mol. The second-order valence-corrected chi connectivity index (χ2v) is 7.61. The van der Waals surface area contributed by atoms with Crippen LogP contribution in [0, 0.1) is 11.2 Å². The Morgan fingerprint density at radius 3 is 2.85 bits per heavy atom. The summed E-state index contributed by atoms with van der Waals surface area (Å²) in [5.74, 6) is -0.342. The van der Waals surface area contributed by atoms with Gasteiger partial charge in [-0.25, -0.2) is 9.37 Å². The summed E-state index contributed by atoms with van der Waals surface area (Å²) in [6.07, 6.45) is 1.86. The molecule has 20 heavy (non-hydrogen) atoms. The van der Waals surface area contributed by atoms with Crippen LogP contribution in [0.25, 0.3) is 10.6 Å². The molecule has 0 spiro atoms. The molecule has 0 saturated carbocycles. The van der Waals surface area contributed by atoms with E-state index in [9.17, 15) is 4.39 Å². The third-order valence-electron chi connectivity index (χ3n) is 3.59. The first-order valence-electron chi connectivity index (χ1n) is 6.56. The molecular weight excluding hydrogens is 295 g/mol. The molecule has 1 aliphatic carbocycles. The number of thiazole rings is 1. The molecule has 1 unspecified atom stereocenters. The van der Waals surface area contributed by atoms with Crippen molar-refractivity contribution in [3.05, 3.63) is 39.6 Å². The van der Waals surface area contributed by atoms with E-state index >= 15 is 0 Å². The summed E-state index contributed by atoms with van der Waals surface area (Å²) in [6.45, 7) is 4.40. The van der Waals surface area contributed by atoms with Crippen molar-refractivity contribution < 1.29 is 4.39 Å². The Kier molecular flexibility index (Phi) is 3.35. The van der Waals surface area contributed by atoms with Gasteiger partial charge in [0, 0.05) is 21.5 Å². The van der Waals surface area contributed by atoms with Crippen LogP contribution in [0.5, 0.6) is 0 Å². The van der Waals surface area contributed by atoms with Gasteiger partial charge in [-0.3, -0.25) is 0 Å². The van der Waals surface area contributed by atoms with E-state index in [1.54, 1.807) is 17.4 Å². The van der Waals surface area contributed by atoms with E-state index in [1.807, 2.05) is 0 Å². The molecule has 1 aliphatic rings. The molecule has 3 rings (SSSR count). The number of rotatable bonds is 1. The molecule has 2 aromatic rings. The van der Waals surface area contributed by atoms with E-state index in [4.69, 9.17) is 17.3 Å². The number of nitrogens with zero attached hydrogens (tertiary/aromatic N) is 1. The monoisotopic (exact) mass is 310 g/mol. The Labute approximate surface area is 126 Å². The summed E-state index contributed by atoms with van der Waals surface area (Å²) in [4.78, 5) is 5.79. The standard InChI is InChI=1S/C15H16ClFN2S/c1-15(2)6-11(18)13-12(7-15)19-14(20-13)8-3-9(16)5-10(17)4-8/h3-5,11H,6-7,18H2,1-2H3. The fraction of sp³-hybridized carbons (Fsp3) is 0.400. The second kappa shape index (κ2) is 4.79. The molecule has 106 valence electrons. The lowest BCUT2D eigenvalue weighted by Crippen LogP contribution is -2.28. The molecule has 0 saturated heterocycles. The summed E-state index contributed by atoms with van der Waals surface area (Å²) in [7, 11) is 0. The van der Waals surface area contributed by atoms with Gasteiger partial charge in [0.05, 0.1) is 5.69 Å². The Morgan fingerprint density at radius 1 is 1.40 bits per heavy atom. The number of hydrogen-bond acceptors (Lipinski definition) is 3. The van der Waals surface area contributed by atoms with Crippen LogP contribution in [0.2, 0.25) is 5.02 Å². The van der Waals surface area contributed by atoms with Gasteiger partial charge in [-0.1, -0.05) is 25.4 Å². The fourth-order valence-corrected chi connectivity index (χ4v) is 4.09. The van der Waals surface area contributed by atoms with Crippen molar-refractivity contribution in [1.29, 1.82) is 0 Å². The minimum absolute atomic E-state index is 0.0176. The highest BCUT2D eigenvalue weighted by atomic mass is 35.5. The fourth-order valence-electron chi connectivity index (χ4n) is 2.79. The molecule has 0 radical (unpaired) electrons. The summed E-state index contributed by atoms with van der Waals surface area (Å²) in [5, 5.41) is 1.18. The molecule has 1 atom stereocenters. The predicted molar refractivity (Wildman–Crippen MR) is 81.5 cm³/mol. The van der Waals surface area contributed by atoms with Crippen LogP contribution in [0.1, 0.15) is 36.9 Å². The molecular formula is C15H16ClFN2S. The van der Waals surface area contributed by atoms with E-state index in [2.05, 4.69) is 18.8 Å². The molecule has 2 N–H and O–H groups in total. The van der Waals surface area contributed by atoms with Crippen LogP contribution in [-0.4, -0.2) is 4.98 Å². The zero-order valence-corrected chi connectivity index (χ0v) is 13.0. The number of nitrogens with two attached hydrogens (primary N) is 1. The third kappa shape index (κ3) is 2.60. The Hall–Kier alpha value is -0.970. The molecule has 2 nitrogen and oxygen atoms in total. The maximum atomic E-state index is 13.5. The Bertz CT molecular complexity index is 646. The van der Waals surface area contributed by atoms with Crippen molar-refractivity contribution in [2.24, 2.45) is 11.1 Å². The number of hydrogen-bond donors (Lipinski definition) is 1. The smallest absolute Gasteiger partial charge is 0.125 e. The van der Waals surface area contributed by atoms with Gasteiger partial charge in [-0.05, 0) is 36.5 Å². The molecule has 0 aliphatic heterocycles. The number of fused-ring (bicyclic) bond motifs is 1. The lowest BCUT2D eigenvalue weighted by atomic mass is 9.77. The van der Waals surface area contributed by atoms with Crippen molar-refractivity contribution in [2.75, 3.05) is 0 Å². The highest BCUT2D eigenvalue weighted by molar-refractivity contribution is 7.15. The minimum atomic E-state index is -0.342. The van der Waals surface area contributed by atoms with Crippen LogP contribution >= 0.6 is 22.9 Å². The Balaban J connectivity index is 2.05. The predicted octanol–water partition coefficient (Wildman–Crippen LogP) is 4.57. The average Bonchev–Trinajstić information content (AvgIpc) is 2.69. The van der Waals surface area contributed by atoms with Crippen molar-refractivity contribution >= 4 is 22.9 Å². The lowest BCUT2D eigenvalue weighted by molar-refractivity contribution is 0.282. The van der Waals surface area contributed by atoms with Crippen molar-refractivity contribution in [2.45, 2.75) is 32.7 Å². The first-order valence-corrected chi connectivity index (χ1v) is 7.75. The summed E-state index contributed by atoms with van der Waals surface area (Å²) in [6, 6.07) is 4.52. The maximum Gasteiger partial charge on any atom is 0.125 e. The van der Waals surface area contributed by atoms with Gasteiger partial charge in [0.25, 0.3) is 0 Å². The molecule has 1 heterocycles. The topological polar surface area (TPSA) is 38.9 Å². The van der Waals surface area contributed by atoms with E-state index in [-0.39, 0.29) is 17.3 Å². The van der Waals surface area contributed by atoms with Gasteiger partial charge < -0.3 is 5.73 Å². The van der Waals surface area contributed by atoms with Crippen LogP contribution in [0.3, 0.4) is 0 Å². The number of aromatic nitrogens is 1. The van der Waals surface area contributed by atoms with Crippen molar-refractivity contribution in [3.63, 3.8) is 0 Å². The van der Waals surface area contributed by atoms with Crippen molar-refractivity contribution in [1.82, 2.24) is 4.98 Å². The highest BCUT2D eigenvalue weighted by Crippen LogP contribution is 2.43. The number of benzene rings is 1. The lowest BCUT2D eigenvalue weighted by Gasteiger charge is -2.32. The van der Waals surface area contributed by atoms with Gasteiger partial charge in [-0.15, -0.1) is 11.3 Å². The van der Waals surface area contributed by atoms with Crippen LogP contribution in [-0.2, 0) is 6.42 Å². The van der Waals surface area contributed by atoms with E-state index < -0.39 is 0 Å². The Morgan fingerprint density at radius 2 is 2.15 bits per heavy atom. The molecule has 1 aromatic carbocycles. The summed E-state index contributed by atoms with van der Waals surface area (Å²) in [5.41, 5.74) is 8.18. The van der Waals surface area contributed by atoms with Crippen LogP contribution < -0.4 is 5.73 Å². The van der Waals surface area contributed by atoms with Gasteiger partial charge >= 0.3 is 0 Å². The van der Waals surface area contributed by atoms with Gasteiger partial charge in [0.15, 0.2) is 0 Å². The first-order chi connectivity index (χ1) is 9.34. The van der Waals surface area contributed by atoms with Gasteiger partial charge in [0.2, 0.25) is 0 Å². The van der Waals surface area contributed by atoms with E-state index in [0.29, 0.717) is 5.02 Å². The highest BCUT2D eigenvalue weighted by Gasteiger charge is 2.33. The third-order valence-corrected chi connectivity index (χ3v) is 5.09. The van der Waals surface area contributed by atoms with Crippen molar-refractivity contribution in [3.8, 4) is 10.6 Å². The normalized spacial score (nSPS) is 20.8. The van der Waals surface area contributed by atoms with Gasteiger partial charge in [-0.2, -0.15) is 0 Å². The largest absolute Gasteiger partial charge is 0.323 e. The molecule has 0 fully saturated rings. The SMILES string of the molecule is CC1(C)Cc2nc(-c3cc(F)cc(Cl)c3)sc2C(N)C1. The van der Waals surface area contributed by atoms with Crippen LogP contribution in [0.15, 0.2) is 18.2 Å². The summed E-state index contributed by atoms with van der Waals surface area (Å²) >= 11 is 7.47. The molecule has 0 bridgehead atoms. The minimum Gasteiger partial charge on any atom is -0.323 e. The zero-order chi connectivity index (χ0) is 14.5. The zero-order valence-electron chi connectivity index (χ0n) is 11.4. The maximum absolute atomic E-state index is 13.5. The van der Waals surface area contributed by atoms with Gasteiger partial charge in [0.1, 0.15) is 10.8 Å². The quantitative estimate of drug-likeness (QED) is 0.837. The van der Waals surface area contributed by atoms with Crippen LogP contribution in [0.4, 0.5) is 4.39 Å². The molecule has 1 aromatic heterocycles.